The summed E-state index contributed by atoms with van der Waals surface area (Å²) in [7, 11) is 0. The Labute approximate surface area is 174 Å². The minimum absolute atomic E-state index is 1.04. The van der Waals surface area contributed by atoms with Gasteiger partial charge in [0.2, 0.25) is 0 Å². The monoisotopic (exact) mass is 428 g/mol. The van der Waals surface area contributed by atoms with Crippen LogP contribution in [-0.2, 0) is 23.6 Å². The Kier molecular flexibility index (Phi) is 7.23. The van der Waals surface area contributed by atoms with Gasteiger partial charge in [0.25, 0.3) is 0 Å². The third-order valence-electron chi connectivity index (χ3n) is 5.08. The molecule has 0 radical (unpaired) electrons. The first kappa shape index (κ1) is 20.7. The summed E-state index contributed by atoms with van der Waals surface area (Å²) in [5, 5.41) is 4.00. The predicted octanol–water partition coefficient (Wildman–Crippen LogP) is 5.33. The van der Waals surface area contributed by atoms with E-state index in [-0.39, 0.29) is 0 Å². The molecule has 1 unspecified atom stereocenters. The normalized spacial score (nSPS) is 13.8. The van der Waals surface area contributed by atoms with Crippen LogP contribution in [0.5, 0.6) is 0 Å². The van der Waals surface area contributed by atoms with Gasteiger partial charge in [0.05, 0.1) is 0 Å². The lowest BCUT2D eigenvalue weighted by molar-refractivity contribution is 1.10. The first-order valence-corrected chi connectivity index (χ1v) is 15.6. The summed E-state index contributed by atoms with van der Waals surface area (Å²) >= 11 is 12.5. The molecule has 0 fully saturated rings. The molecule has 3 aromatic carbocycles. The third-order valence-corrected chi connectivity index (χ3v) is 15.4. The minimum atomic E-state index is -1.81. The highest BCUT2D eigenvalue weighted by atomic mass is 32.4. The number of benzene rings is 3. The third kappa shape index (κ3) is 4.87. The van der Waals surface area contributed by atoms with Crippen molar-refractivity contribution in [1.82, 2.24) is 0 Å². The fraction of sp³-hybridized carbons (Fsp3) is 0.217. The fourth-order valence-electron chi connectivity index (χ4n) is 3.46. The van der Waals surface area contributed by atoms with Gasteiger partial charge in [-0.3, -0.25) is 0 Å². The van der Waals surface area contributed by atoms with E-state index in [0.29, 0.717) is 0 Å². The van der Waals surface area contributed by atoms with Crippen LogP contribution in [0, 0.1) is 0 Å². The molecule has 27 heavy (non-hydrogen) atoms. The zero-order valence-electron chi connectivity index (χ0n) is 15.7. The van der Waals surface area contributed by atoms with Gasteiger partial charge in [0, 0.05) is 6.04 Å². The second-order valence-electron chi connectivity index (χ2n) is 6.75. The Bertz CT molecular complexity index is 894. The Morgan fingerprint density at radius 3 is 1.41 bits per heavy atom. The standard InChI is InChI=1S/C23H26P2S2/c1-2-24(26,21-13-6-3-7-14-21)19-12-20-25(27,22-15-8-4-9-16-22)23-17-10-5-11-18-23/h3-11,13-18H,2,12,19-20H2,1H3. The SMILES string of the molecule is CCP(=S)(CCCP(=S)(c1ccccc1)c1ccccc1)c1ccccc1. The lowest BCUT2D eigenvalue weighted by Gasteiger charge is -2.26. The highest BCUT2D eigenvalue weighted by Gasteiger charge is 2.24. The van der Waals surface area contributed by atoms with Crippen molar-refractivity contribution in [2.24, 2.45) is 0 Å². The molecule has 140 valence electrons. The van der Waals surface area contributed by atoms with Crippen molar-refractivity contribution < 1.29 is 0 Å². The van der Waals surface area contributed by atoms with E-state index in [1.807, 2.05) is 0 Å². The lowest BCUT2D eigenvalue weighted by Crippen LogP contribution is -2.19. The quantitative estimate of drug-likeness (QED) is 0.445. The molecular weight excluding hydrogens is 402 g/mol. The number of hydrogen-bond donors (Lipinski definition) is 0. The molecule has 0 aliphatic rings. The summed E-state index contributed by atoms with van der Waals surface area (Å²) in [6.45, 7) is 2.25. The van der Waals surface area contributed by atoms with Gasteiger partial charge in [-0.2, -0.15) is 0 Å². The van der Waals surface area contributed by atoms with E-state index >= 15 is 0 Å². The average molecular weight is 429 g/mol. The topological polar surface area (TPSA) is 0 Å². The van der Waals surface area contributed by atoms with Crippen LogP contribution < -0.4 is 15.9 Å². The number of hydrogen-bond acceptors (Lipinski definition) is 2. The van der Waals surface area contributed by atoms with E-state index in [1.165, 1.54) is 15.9 Å². The van der Waals surface area contributed by atoms with Gasteiger partial charge in [-0.15, -0.1) is 0 Å². The molecule has 0 saturated carbocycles. The van der Waals surface area contributed by atoms with Gasteiger partial charge in [0.15, 0.2) is 0 Å². The second-order valence-corrected chi connectivity index (χ2v) is 17.1. The summed E-state index contributed by atoms with van der Waals surface area (Å²) in [5.74, 6) is 0. The maximum absolute atomic E-state index is 6.37. The Balaban J connectivity index is 1.84. The molecule has 0 amide bonds. The summed E-state index contributed by atoms with van der Waals surface area (Å²) in [5.41, 5.74) is 0. The molecule has 3 rings (SSSR count). The summed E-state index contributed by atoms with van der Waals surface area (Å²) in [6, 6.07) is 28.8. The molecule has 0 N–H and O–H groups in total. The largest absolute Gasteiger partial charge is 0.0926 e. The van der Waals surface area contributed by atoms with Crippen molar-refractivity contribution in [3.63, 3.8) is 0 Å². The van der Waals surface area contributed by atoms with Crippen LogP contribution in [0.2, 0.25) is 0 Å². The Hall–Kier alpha value is -1.04. The van der Waals surface area contributed by atoms with Gasteiger partial charge in [0.1, 0.15) is 0 Å². The van der Waals surface area contributed by atoms with Crippen molar-refractivity contribution >= 4 is 51.6 Å². The van der Waals surface area contributed by atoms with Crippen LogP contribution in [0.25, 0.3) is 0 Å². The van der Waals surface area contributed by atoms with Crippen LogP contribution in [0.1, 0.15) is 13.3 Å². The first-order valence-electron chi connectivity index (χ1n) is 9.42. The smallest absolute Gasteiger partial charge is 0.0106 e. The molecule has 0 aliphatic heterocycles. The van der Waals surface area contributed by atoms with Crippen molar-refractivity contribution in [1.29, 1.82) is 0 Å². The van der Waals surface area contributed by atoms with Gasteiger partial charge in [-0.05, 0) is 46.9 Å². The molecule has 0 nitrogen and oxygen atoms in total. The van der Waals surface area contributed by atoms with E-state index in [2.05, 4.69) is 97.9 Å². The zero-order chi connectivity index (χ0) is 19.2. The second kappa shape index (κ2) is 9.44. The average Bonchev–Trinajstić information content (AvgIpc) is 2.75. The fourth-order valence-corrected chi connectivity index (χ4v) is 10.6. The van der Waals surface area contributed by atoms with E-state index in [9.17, 15) is 0 Å². The summed E-state index contributed by atoms with van der Waals surface area (Å²) < 4.78 is 0. The van der Waals surface area contributed by atoms with Crippen LogP contribution >= 0.6 is 12.1 Å². The maximum Gasteiger partial charge on any atom is 0.0106 e. The van der Waals surface area contributed by atoms with Crippen molar-refractivity contribution in [2.75, 3.05) is 18.5 Å². The zero-order valence-corrected chi connectivity index (χ0v) is 19.1. The van der Waals surface area contributed by atoms with Crippen LogP contribution in [0.4, 0.5) is 0 Å². The van der Waals surface area contributed by atoms with Gasteiger partial charge in [-0.25, -0.2) is 0 Å². The van der Waals surface area contributed by atoms with E-state index in [4.69, 9.17) is 23.6 Å². The molecule has 0 bridgehead atoms. The highest BCUT2D eigenvalue weighted by Crippen LogP contribution is 2.49. The van der Waals surface area contributed by atoms with Gasteiger partial charge in [-0.1, -0.05) is 122 Å². The minimum Gasteiger partial charge on any atom is -0.0926 e. The molecule has 4 heteroatoms. The van der Waals surface area contributed by atoms with Crippen LogP contribution in [-0.4, -0.2) is 18.5 Å². The Morgan fingerprint density at radius 1 is 0.593 bits per heavy atom. The van der Waals surface area contributed by atoms with Crippen molar-refractivity contribution in [3.8, 4) is 0 Å². The Morgan fingerprint density at radius 2 is 1.00 bits per heavy atom. The summed E-state index contributed by atoms with van der Waals surface area (Å²) in [4.78, 5) is 0. The molecule has 0 spiro atoms. The van der Waals surface area contributed by atoms with Crippen LogP contribution in [0.3, 0.4) is 0 Å². The molecule has 0 saturated heterocycles. The first-order chi connectivity index (χ1) is 13.1. The van der Waals surface area contributed by atoms with Crippen molar-refractivity contribution in [2.45, 2.75) is 13.3 Å². The molecule has 3 aromatic rings. The van der Waals surface area contributed by atoms with E-state index in [1.54, 1.807) is 0 Å². The molecule has 0 aromatic heterocycles. The highest BCUT2D eigenvalue weighted by molar-refractivity contribution is 8.22. The lowest BCUT2D eigenvalue weighted by atomic mass is 10.4. The van der Waals surface area contributed by atoms with Gasteiger partial charge < -0.3 is 0 Å². The van der Waals surface area contributed by atoms with Crippen molar-refractivity contribution in [3.05, 3.63) is 91.0 Å². The predicted molar refractivity (Wildman–Crippen MR) is 132 cm³/mol. The molecule has 0 heterocycles. The molecule has 1 atom stereocenters. The number of rotatable bonds is 8. The van der Waals surface area contributed by atoms with Crippen LogP contribution in [0.15, 0.2) is 91.0 Å². The molecule has 0 aliphatic carbocycles. The van der Waals surface area contributed by atoms with E-state index in [0.717, 1.165) is 24.9 Å². The van der Waals surface area contributed by atoms with Gasteiger partial charge >= 0.3 is 0 Å². The summed E-state index contributed by atoms with van der Waals surface area (Å²) in [6.07, 6.45) is 4.31. The molecular formula is C23H26P2S2. The maximum atomic E-state index is 6.37. The van der Waals surface area contributed by atoms with E-state index < -0.39 is 12.1 Å².